The summed E-state index contributed by atoms with van der Waals surface area (Å²) in [6.07, 6.45) is 20.2. The van der Waals surface area contributed by atoms with Crippen LogP contribution in [0.3, 0.4) is 0 Å². The van der Waals surface area contributed by atoms with E-state index >= 15 is 0 Å². The average molecular weight is 403 g/mol. The van der Waals surface area contributed by atoms with Gasteiger partial charge in [0.1, 0.15) is 0 Å². The lowest BCUT2D eigenvalue weighted by Gasteiger charge is -2.36. The van der Waals surface area contributed by atoms with Crippen molar-refractivity contribution >= 4 is 8.58 Å². The van der Waals surface area contributed by atoms with Crippen molar-refractivity contribution in [1.82, 2.24) is 0 Å². The van der Waals surface area contributed by atoms with Crippen LogP contribution in [-0.2, 0) is 11.6 Å². The van der Waals surface area contributed by atoms with Gasteiger partial charge in [0, 0.05) is 5.16 Å². The molecule has 0 bridgehead atoms. The van der Waals surface area contributed by atoms with Gasteiger partial charge < -0.3 is 0 Å². The maximum atomic E-state index is 4.19. The average Bonchev–Trinajstić information content (AvgIpc) is 2.72. The van der Waals surface area contributed by atoms with E-state index in [4.69, 9.17) is 0 Å². The zero-order valence-corrected chi connectivity index (χ0v) is 20.2. The van der Waals surface area contributed by atoms with Gasteiger partial charge in [-0.15, -0.1) is 0 Å². The molecule has 28 heavy (non-hydrogen) atoms. The number of aryl methyl sites for hydroxylation is 1. The van der Waals surface area contributed by atoms with E-state index in [2.05, 4.69) is 57.4 Å². The molecular weight excluding hydrogens is 355 g/mol. The van der Waals surface area contributed by atoms with Gasteiger partial charge in [-0.25, -0.2) is 0 Å². The Bertz CT molecular complexity index is 493. The highest BCUT2D eigenvalue weighted by molar-refractivity contribution is 7.43. The molecule has 0 heterocycles. The summed E-state index contributed by atoms with van der Waals surface area (Å²) in [4.78, 5) is 0. The molecular formula is C27H47P. The predicted octanol–water partition coefficient (Wildman–Crippen LogP) is 9.77. The zero-order chi connectivity index (χ0) is 20.5. The molecule has 1 aromatic rings. The summed E-state index contributed by atoms with van der Waals surface area (Å²) < 4.78 is 0. The first kappa shape index (κ1) is 25.4. The van der Waals surface area contributed by atoms with E-state index in [1.54, 1.807) is 11.1 Å². The van der Waals surface area contributed by atoms with Crippen LogP contribution in [0.5, 0.6) is 0 Å². The van der Waals surface area contributed by atoms with E-state index in [9.17, 15) is 0 Å². The molecule has 0 amide bonds. The van der Waals surface area contributed by atoms with Crippen molar-refractivity contribution in [3.05, 3.63) is 47.8 Å². The van der Waals surface area contributed by atoms with Gasteiger partial charge in [0.15, 0.2) is 0 Å². The van der Waals surface area contributed by atoms with Crippen LogP contribution in [0.2, 0.25) is 0 Å². The van der Waals surface area contributed by atoms with Gasteiger partial charge in [-0.1, -0.05) is 137 Å². The first-order chi connectivity index (χ1) is 13.7. The minimum Gasteiger partial charge on any atom is -0.0988 e. The Morgan fingerprint density at radius 2 is 1.29 bits per heavy atom. The van der Waals surface area contributed by atoms with Gasteiger partial charge in [0.2, 0.25) is 0 Å². The standard InChI is InChI=1S/C27H47P/c1-5-9-12-15-20-25-21-16-17-22-26(25)27(28-8-4,23-18-13-10-6-2)24-19-14-11-7-3/h8,16-17,21-22,28H,4-7,9-15,18-20,23-24H2,1-3H3. The lowest BCUT2D eigenvalue weighted by Crippen LogP contribution is -2.22. The number of hydrogen-bond acceptors (Lipinski definition) is 0. The smallest absolute Gasteiger partial charge is 0.0164 e. The second kappa shape index (κ2) is 16.2. The van der Waals surface area contributed by atoms with Gasteiger partial charge >= 0.3 is 0 Å². The fourth-order valence-electron chi connectivity index (χ4n) is 4.47. The first-order valence-corrected chi connectivity index (χ1v) is 13.3. The Hall–Kier alpha value is -0.610. The fraction of sp³-hybridized carbons (Fsp3) is 0.704. The molecule has 0 fully saturated rings. The molecule has 0 radical (unpaired) electrons. The predicted molar refractivity (Wildman–Crippen MR) is 132 cm³/mol. The van der Waals surface area contributed by atoms with Crippen molar-refractivity contribution in [2.24, 2.45) is 0 Å². The van der Waals surface area contributed by atoms with E-state index in [1.807, 2.05) is 0 Å². The molecule has 0 aliphatic carbocycles. The van der Waals surface area contributed by atoms with Crippen LogP contribution in [0.15, 0.2) is 36.7 Å². The van der Waals surface area contributed by atoms with E-state index in [1.165, 1.54) is 96.3 Å². The fourth-order valence-corrected chi connectivity index (χ4v) is 5.90. The first-order valence-electron chi connectivity index (χ1n) is 12.2. The van der Waals surface area contributed by atoms with Crippen LogP contribution in [0, 0.1) is 0 Å². The number of hydrogen-bond donors (Lipinski definition) is 0. The van der Waals surface area contributed by atoms with Crippen molar-refractivity contribution in [1.29, 1.82) is 0 Å². The molecule has 0 aromatic heterocycles. The quantitative estimate of drug-likeness (QED) is 0.169. The van der Waals surface area contributed by atoms with Crippen LogP contribution in [0.25, 0.3) is 0 Å². The van der Waals surface area contributed by atoms with E-state index in [0.717, 1.165) is 8.58 Å². The van der Waals surface area contributed by atoms with E-state index < -0.39 is 0 Å². The molecule has 160 valence electrons. The van der Waals surface area contributed by atoms with Gasteiger partial charge in [-0.3, -0.25) is 0 Å². The molecule has 0 N–H and O–H groups in total. The van der Waals surface area contributed by atoms with E-state index in [0.29, 0.717) is 5.16 Å². The maximum Gasteiger partial charge on any atom is 0.0164 e. The van der Waals surface area contributed by atoms with Crippen LogP contribution in [0.1, 0.15) is 122 Å². The monoisotopic (exact) mass is 402 g/mol. The number of rotatable bonds is 18. The minimum absolute atomic E-state index is 0.338. The molecule has 0 spiro atoms. The van der Waals surface area contributed by atoms with E-state index in [-0.39, 0.29) is 0 Å². The SMILES string of the molecule is C=CPC(CCCCCC)(CCCCCC)c1ccccc1CCCCCC. The molecule has 0 saturated carbocycles. The van der Waals surface area contributed by atoms with Gasteiger partial charge in [0.05, 0.1) is 0 Å². The Balaban J connectivity index is 3.03. The zero-order valence-electron chi connectivity index (χ0n) is 19.2. The molecule has 0 aliphatic rings. The van der Waals surface area contributed by atoms with Crippen molar-refractivity contribution in [2.75, 3.05) is 0 Å². The summed E-state index contributed by atoms with van der Waals surface area (Å²) in [6, 6.07) is 9.42. The normalized spacial score (nSPS) is 12.1. The van der Waals surface area contributed by atoms with Crippen molar-refractivity contribution < 1.29 is 0 Å². The van der Waals surface area contributed by atoms with Crippen molar-refractivity contribution in [2.45, 2.75) is 122 Å². The molecule has 1 aromatic carbocycles. The molecule has 1 rings (SSSR count). The highest BCUT2D eigenvalue weighted by Crippen LogP contribution is 2.51. The second-order valence-electron chi connectivity index (χ2n) is 8.52. The summed E-state index contributed by atoms with van der Waals surface area (Å²) in [6.45, 7) is 11.1. The van der Waals surface area contributed by atoms with Crippen molar-refractivity contribution in [3.8, 4) is 0 Å². The summed E-state index contributed by atoms with van der Waals surface area (Å²) in [7, 11) is 0.843. The summed E-state index contributed by atoms with van der Waals surface area (Å²) in [5, 5.41) is 0.338. The van der Waals surface area contributed by atoms with Gasteiger partial charge in [0.25, 0.3) is 0 Å². The topological polar surface area (TPSA) is 0 Å². The summed E-state index contributed by atoms with van der Waals surface area (Å²) in [5.41, 5.74) is 3.29. The van der Waals surface area contributed by atoms with Gasteiger partial charge in [-0.2, -0.15) is 0 Å². The van der Waals surface area contributed by atoms with Crippen molar-refractivity contribution in [3.63, 3.8) is 0 Å². The number of unbranched alkanes of at least 4 members (excludes halogenated alkanes) is 9. The van der Waals surface area contributed by atoms with Crippen LogP contribution in [0.4, 0.5) is 0 Å². The third-order valence-corrected chi connectivity index (χ3v) is 7.65. The molecule has 1 unspecified atom stereocenters. The molecule has 0 aliphatic heterocycles. The Kier molecular flexibility index (Phi) is 14.7. The van der Waals surface area contributed by atoms with Crippen LogP contribution in [-0.4, -0.2) is 0 Å². The Morgan fingerprint density at radius 3 is 1.82 bits per heavy atom. The third kappa shape index (κ3) is 9.26. The van der Waals surface area contributed by atoms with Crippen LogP contribution >= 0.6 is 8.58 Å². The lowest BCUT2D eigenvalue weighted by molar-refractivity contribution is 0.453. The Labute approximate surface area is 178 Å². The largest absolute Gasteiger partial charge is 0.0988 e. The molecule has 1 atom stereocenters. The molecule has 0 nitrogen and oxygen atoms in total. The highest BCUT2D eigenvalue weighted by atomic mass is 31.1. The van der Waals surface area contributed by atoms with Crippen LogP contribution < -0.4 is 0 Å². The third-order valence-electron chi connectivity index (χ3n) is 6.13. The molecule has 1 heteroatoms. The summed E-state index contributed by atoms with van der Waals surface area (Å²) >= 11 is 0. The lowest BCUT2D eigenvalue weighted by atomic mass is 9.83. The maximum absolute atomic E-state index is 4.19. The van der Waals surface area contributed by atoms with Gasteiger partial charge in [-0.05, 0) is 36.8 Å². The minimum atomic E-state index is 0.338. The molecule has 0 saturated heterocycles. The number of benzene rings is 1. The highest BCUT2D eigenvalue weighted by Gasteiger charge is 2.31. The second-order valence-corrected chi connectivity index (χ2v) is 10.2. The Morgan fingerprint density at radius 1 is 0.750 bits per heavy atom. The summed E-state index contributed by atoms with van der Waals surface area (Å²) in [5.74, 6) is 2.23.